The van der Waals surface area contributed by atoms with Gasteiger partial charge in [-0.25, -0.2) is 9.18 Å². The summed E-state index contributed by atoms with van der Waals surface area (Å²) in [6.45, 7) is 6.99. The Kier molecular flexibility index (Phi) is 8.77. The van der Waals surface area contributed by atoms with Crippen molar-refractivity contribution in [1.82, 2.24) is 16.0 Å². The average molecular weight is 492 g/mol. The van der Waals surface area contributed by atoms with E-state index in [9.17, 15) is 9.18 Å². The molecule has 0 heterocycles. The number of nitrogens with one attached hydrogen (secondary N) is 3. The fraction of sp³-hybridized carbons (Fsp3) is 0.579. The minimum Gasteiger partial charge on any atom is -0.444 e. The Hall–Kier alpha value is -1.58. The Labute approximate surface area is 177 Å². The Balaban J connectivity index is 0.00000364. The van der Waals surface area contributed by atoms with Gasteiger partial charge < -0.3 is 20.7 Å². The third kappa shape index (κ3) is 7.51. The van der Waals surface area contributed by atoms with Crippen LogP contribution in [0.2, 0.25) is 0 Å². The summed E-state index contributed by atoms with van der Waals surface area (Å²) in [7, 11) is 1.68. The molecule has 0 aliphatic heterocycles. The number of carbonyl (C=O) groups is 1. The summed E-state index contributed by atoms with van der Waals surface area (Å²) in [5.41, 5.74) is 0.0903. The van der Waals surface area contributed by atoms with Crippen molar-refractivity contribution in [2.24, 2.45) is 4.99 Å². The van der Waals surface area contributed by atoms with Gasteiger partial charge in [-0.1, -0.05) is 18.2 Å². The molecule has 8 heteroatoms. The normalized spacial score (nSPS) is 15.4. The van der Waals surface area contributed by atoms with E-state index in [4.69, 9.17) is 4.74 Å². The third-order valence-corrected chi connectivity index (χ3v) is 4.20. The Morgan fingerprint density at radius 3 is 2.37 bits per heavy atom. The van der Waals surface area contributed by atoms with Crippen LogP contribution in [0, 0.1) is 5.82 Å². The number of benzene rings is 1. The predicted octanol–water partition coefficient (Wildman–Crippen LogP) is 3.17. The number of ether oxygens (including phenoxy) is 1. The highest BCUT2D eigenvalue weighted by molar-refractivity contribution is 14.0. The maximum atomic E-state index is 14.0. The highest BCUT2D eigenvalue weighted by Gasteiger charge is 2.45. The lowest BCUT2D eigenvalue weighted by Crippen LogP contribution is -2.44. The molecule has 1 amide bonds. The lowest BCUT2D eigenvalue weighted by atomic mass is 9.95. The molecule has 0 unspecified atom stereocenters. The molecule has 1 aliphatic carbocycles. The number of carbonyl (C=O) groups excluding carboxylic acids is 1. The van der Waals surface area contributed by atoms with E-state index in [1.165, 1.54) is 6.07 Å². The van der Waals surface area contributed by atoms with Crippen LogP contribution in [0.3, 0.4) is 0 Å². The molecule has 2 rings (SSSR count). The molecule has 0 radical (unpaired) electrons. The van der Waals surface area contributed by atoms with Gasteiger partial charge in [0.25, 0.3) is 0 Å². The summed E-state index contributed by atoms with van der Waals surface area (Å²) in [4.78, 5) is 15.8. The van der Waals surface area contributed by atoms with Gasteiger partial charge in [0.15, 0.2) is 5.96 Å². The van der Waals surface area contributed by atoms with Crippen LogP contribution < -0.4 is 16.0 Å². The molecule has 27 heavy (non-hydrogen) atoms. The van der Waals surface area contributed by atoms with E-state index < -0.39 is 11.7 Å². The minimum atomic E-state index is -0.513. The van der Waals surface area contributed by atoms with Crippen LogP contribution in [0.25, 0.3) is 0 Å². The fourth-order valence-corrected chi connectivity index (χ4v) is 2.72. The van der Waals surface area contributed by atoms with Gasteiger partial charge >= 0.3 is 6.09 Å². The van der Waals surface area contributed by atoms with E-state index in [-0.39, 0.29) is 35.2 Å². The van der Waals surface area contributed by atoms with Crippen molar-refractivity contribution in [3.05, 3.63) is 35.6 Å². The second-order valence-corrected chi connectivity index (χ2v) is 7.54. The molecule has 0 bridgehead atoms. The van der Waals surface area contributed by atoms with Gasteiger partial charge in [0.2, 0.25) is 0 Å². The first-order valence-corrected chi connectivity index (χ1v) is 8.92. The summed E-state index contributed by atoms with van der Waals surface area (Å²) in [5.74, 6) is 0.468. The van der Waals surface area contributed by atoms with Crippen LogP contribution in [-0.4, -0.2) is 44.3 Å². The van der Waals surface area contributed by atoms with Crippen LogP contribution in [0.1, 0.15) is 39.2 Å². The maximum absolute atomic E-state index is 14.0. The van der Waals surface area contributed by atoms with Crippen molar-refractivity contribution in [2.45, 2.75) is 44.6 Å². The van der Waals surface area contributed by atoms with Gasteiger partial charge in [-0.15, -0.1) is 24.0 Å². The van der Waals surface area contributed by atoms with Gasteiger partial charge in [-0.05, 0) is 45.2 Å². The molecule has 0 aromatic heterocycles. The second-order valence-electron chi connectivity index (χ2n) is 7.54. The molecule has 152 valence electrons. The SMILES string of the molecule is CN=C(NCCNC(=O)OC(C)(C)C)NCC1(c2ccccc2F)CC1.I. The van der Waals surface area contributed by atoms with Crippen LogP contribution >= 0.6 is 24.0 Å². The lowest BCUT2D eigenvalue weighted by Gasteiger charge is -2.21. The van der Waals surface area contributed by atoms with E-state index >= 15 is 0 Å². The van der Waals surface area contributed by atoms with Crippen molar-refractivity contribution in [2.75, 3.05) is 26.7 Å². The van der Waals surface area contributed by atoms with E-state index in [2.05, 4.69) is 20.9 Å². The molecule has 1 fully saturated rings. The second kappa shape index (κ2) is 10.1. The monoisotopic (exact) mass is 492 g/mol. The van der Waals surface area contributed by atoms with Gasteiger partial charge in [0, 0.05) is 32.1 Å². The zero-order valence-corrected chi connectivity index (χ0v) is 18.7. The van der Waals surface area contributed by atoms with E-state index in [0.717, 1.165) is 18.4 Å². The number of hydrogen-bond donors (Lipinski definition) is 3. The molecule has 0 atom stereocenters. The number of amides is 1. The summed E-state index contributed by atoms with van der Waals surface area (Å²) in [6.07, 6.45) is 1.47. The predicted molar refractivity (Wildman–Crippen MR) is 116 cm³/mol. The molecule has 3 N–H and O–H groups in total. The van der Waals surface area contributed by atoms with Crippen molar-refractivity contribution in [1.29, 1.82) is 0 Å². The first-order valence-electron chi connectivity index (χ1n) is 8.92. The van der Waals surface area contributed by atoms with Crippen LogP contribution in [0.4, 0.5) is 9.18 Å². The van der Waals surface area contributed by atoms with Crippen molar-refractivity contribution < 1.29 is 13.9 Å². The quantitative estimate of drug-likeness (QED) is 0.247. The molecule has 0 spiro atoms. The Bertz CT molecular complexity index is 657. The summed E-state index contributed by atoms with van der Waals surface area (Å²) in [5, 5.41) is 9.06. The number of aliphatic imine (C=N–C) groups is 1. The topological polar surface area (TPSA) is 74.8 Å². The molecular weight excluding hydrogens is 462 g/mol. The van der Waals surface area contributed by atoms with Gasteiger partial charge in [0.1, 0.15) is 11.4 Å². The summed E-state index contributed by atoms with van der Waals surface area (Å²) < 4.78 is 19.2. The van der Waals surface area contributed by atoms with Gasteiger partial charge in [0.05, 0.1) is 0 Å². The number of guanidine groups is 1. The summed E-state index contributed by atoms with van der Waals surface area (Å²) in [6, 6.07) is 6.93. The van der Waals surface area contributed by atoms with Gasteiger partial charge in [-0.2, -0.15) is 0 Å². The number of nitrogens with zero attached hydrogens (tertiary/aromatic N) is 1. The maximum Gasteiger partial charge on any atom is 0.407 e. The van der Waals surface area contributed by atoms with Gasteiger partial charge in [-0.3, -0.25) is 4.99 Å². The molecular formula is C19H30FIN4O2. The highest BCUT2D eigenvalue weighted by atomic mass is 127. The van der Waals surface area contributed by atoms with Crippen molar-refractivity contribution in [3.8, 4) is 0 Å². The molecule has 6 nitrogen and oxygen atoms in total. The lowest BCUT2D eigenvalue weighted by molar-refractivity contribution is 0.0529. The number of hydrogen-bond acceptors (Lipinski definition) is 3. The average Bonchev–Trinajstić information content (AvgIpc) is 3.34. The molecule has 0 saturated heterocycles. The summed E-state index contributed by atoms with van der Waals surface area (Å²) >= 11 is 0. The molecule has 1 saturated carbocycles. The number of halogens is 2. The Morgan fingerprint density at radius 1 is 1.19 bits per heavy atom. The Morgan fingerprint density at radius 2 is 1.81 bits per heavy atom. The van der Waals surface area contributed by atoms with Crippen LogP contribution in [-0.2, 0) is 10.2 Å². The van der Waals surface area contributed by atoms with E-state index in [0.29, 0.717) is 25.6 Å². The van der Waals surface area contributed by atoms with E-state index in [1.807, 2.05) is 32.9 Å². The molecule has 1 aromatic carbocycles. The fourth-order valence-electron chi connectivity index (χ4n) is 2.72. The highest BCUT2D eigenvalue weighted by Crippen LogP contribution is 2.48. The van der Waals surface area contributed by atoms with Crippen LogP contribution in [0.15, 0.2) is 29.3 Å². The number of rotatable bonds is 6. The first-order chi connectivity index (χ1) is 12.3. The molecule has 1 aromatic rings. The van der Waals surface area contributed by atoms with Crippen LogP contribution in [0.5, 0.6) is 0 Å². The first kappa shape index (κ1) is 23.5. The smallest absolute Gasteiger partial charge is 0.407 e. The zero-order valence-electron chi connectivity index (χ0n) is 16.4. The zero-order chi connectivity index (χ0) is 19.2. The molecule has 1 aliphatic rings. The number of alkyl carbamates (subject to hydrolysis) is 1. The third-order valence-electron chi connectivity index (χ3n) is 4.20. The van der Waals surface area contributed by atoms with Crippen molar-refractivity contribution >= 4 is 36.0 Å². The minimum absolute atomic E-state index is 0. The standard InChI is InChI=1S/C19H29FN4O2.HI/c1-18(2,3)26-17(25)23-12-11-22-16(21-4)24-13-19(9-10-19)14-7-5-6-8-15(14)20;/h5-8H,9-13H2,1-4H3,(H,23,25)(H2,21,22,24);1H. The largest absolute Gasteiger partial charge is 0.444 e. The van der Waals surface area contributed by atoms with Crippen molar-refractivity contribution in [3.63, 3.8) is 0 Å². The van der Waals surface area contributed by atoms with E-state index in [1.54, 1.807) is 13.1 Å².